The molecule has 1 atom stereocenters. The Morgan fingerprint density at radius 2 is 2.32 bits per heavy atom. The van der Waals surface area contributed by atoms with Gasteiger partial charge in [-0.1, -0.05) is 0 Å². The van der Waals surface area contributed by atoms with Crippen molar-refractivity contribution < 1.29 is 9.13 Å². The van der Waals surface area contributed by atoms with Crippen LogP contribution in [0.5, 0.6) is 0 Å². The number of anilines is 1. The topological polar surface area (TPSA) is 53.1 Å². The Kier molecular flexibility index (Phi) is 3.45. The van der Waals surface area contributed by atoms with Crippen molar-refractivity contribution in [1.29, 1.82) is 0 Å². The first-order valence-corrected chi connectivity index (χ1v) is 7.17. The van der Waals surface area contributed by atoms with Crippen LogP contribution in [0.2, 0.25) is 0 Å². The lowest BCUT2D eigenvalue weighted by molar-refractivity contribution is 0.00694. The van der Waals surface area contributed by atoms with E-state index in [0.717, 1.165) is 25.9 Å². The third kappa shape index (κ3) is 2.47. The zero-order valence-electron chi connectivity index (χ0n) is 10.4. The molecule has 1 unspecified atom stereocenters. The second-order valence-corrected chi connectivity index (χ2v) is 5.68. The Balaban J connectivity index is 1.97. The molecule has 6 heteroatoms. The first kappa shape index (κ1) is 12.9. The summed E-state index contributed by atoms with van der Waals surface area (Å²) in [5, 5.41) is 0. The minimum Gasteiger partial charge on any atom is -0.376 e. The monoisotopic (exact) mass is 327 g/mol. The number of nitrogen functional groups attached to an aromatic ring is 1. The quantitative estimate of drug-likeness (QED) is 0.922. The van der Waals surface area contributed by atoms with Gasteiger partial charge in [-0.05, 0) is 41.3 Å². The summed E-state index contributed by atoms with van der Waals surface area (Å²) >= 11 is 3.16. The molecule has 4 nitrogen and oxygen atoms in total. The molecule has 19 heavy (non-hydrogen) atoms. The van der Waals surface area contributed by atoms with Gasteiger partial charge in [-0.2, -0.15) is 0 Å². The molecule has 1 aliphatic heterocycles. The molecule has 0 aliphatic carbocycles. The van der Waals surface area contributed by atoms with Crippen molar-refractivity contribution in [3.05, 3.63) is 22.4 Å². The lowest BCUT2D eigenvalue weighted by atomic mass is 10.1. The average molecular weight is 328 g/mol. The molecule has 0 amide bonds. The lowest BCUT2D eigenvalue weighted by Gasteiger charge is -2.23. The summed E-state index contributed by atoms with van der Waals surface area (Å²) in [6, 6.07) is 3.12. The van der Waals surface area contributed by atoms with Gasteiger partial charge in [-0.3, -0.25) is 0 Å². The summed E-state index contributed by atoms with van der Waals surface area (Å²) < 4.78 is 21.6. The highest BCUT2D eigenvalue weighted by molar-refractivity contribution is 9.10. The third-order valence-electron chi connectivity index (χ3n) is 3.48. The van der Waals surface area contributed by atoms with E-state index in [9.17, 15) is 4.39 Å². The van der Waals surface area contributed by atoms with E-state index in [1.807, 2.05) is 4.57 Å². The van der Waals surface area contributed by atoms with Crippen LogP contribution >= 0.6 is 15.9 Å². The summed E-state index contributed by atoms with van der Waals surface area (Å²) in [5.41, 5.74) is 7.34. The number of benzene rings is 1. The maximum absolute atomic E-state index is 13.7. The van der Waals surface area contributed by atoms with Crippen LogP contribution in [0.1, 0.15) is 19.3 Å². The number of hydrogen-bond donors (Lipinski definition) is 1. The van der Waals surface area contributed by atoms with Crippen LogP contribution in [0, 0.1) is 5.82 Å². The van der Waals surface area contributed by atoms with Crippen molar-refractivity contribution in [2.75, 3.05) is 12.3 Å². The van der Waals surface area contributed by atoms with Crippen LogP contribution in [0.3, 0.4) is 0 Å². The van der Waals surface area contributed by atoms with E-state index in [1.54, 1.807) is 6.07 Å². The number of fused-ring (bicyclic) bond motifs is 1. The molecule has 0 bridgehead atoms. The number of rotatable bonds is 2. The zero-order valence-corrected chi connectivity index (χ0v) is 12.0. The summed E-state index contributed by atoms with van der Waals surface area (Å²) in [5.74, 6) is 0.0971. The standard InChI is InChI=1S/C13H15BrFN3O/c14-9-5-11-12(6-10(9)15)18(13(16)17-11)7-8-3-1-2-4-19-8/h5-6,8H,1-4,7H2,(H2,16,17). The molecule has 102 valence electrons. The van der Waals surface area contributed by atoms with E-state index < -0.39 is 0 Å². The minimum absolute atomic E-state index is 0.139. The van der Waals surface area contributed by atoms with Crippen molar-refractivity contribution in [3.8, 4) is 0 Å². The summed E-state index contributed by atoms with van der Waals surface area (Å²) in [7, 11) is 0. The van der Waals surface area contributed by atoms with Crippen LogP contribution in [-0.4, -0.2) is 22.3 Å². The predicted octanol–water partition coefficient (Wildman–Crippen LogP) is 3.09. The summed E-state index contributed by atoms with van der Waals surface area (Å²) in [6.07, 6.45) is 3.42. The molecular weight excluding hydrogens is 313 g/mol. The number of aromatic nitrogens is 2. The summed E-state index contributed by atoms with van der Waals surface area (Å²) in [4.78, 5) is 4.27. The van der Waals surface area contributed by atoms with Crippen LogP contribution in [0.25, 0.3) is 11.0 Å². The maximum Gasteiger partial charge on any atom is 0.201 e. The van der Waals surface area contributed by atoms with E-state index in [4.69, 9.17) is 10.5 Å². The second-order valence-electron chi connectivity index (χ2n) is 4.82. The Morgan fingerprint density at radius 1 is 1.47 bits per heavy atom. The fourth-order valence-electron chi connectivity index (χ4n) is 2.49. The fourth-order valence-corrected chi connectivity index (χ4v) is 2.82. The van der Waals surface area contributed by atoms with Crippen molar-refractivity contribution in [2.24, 2.45) is 0 Å². The molecule has 0 radical (unpaired) electrons. The number of ether oxygens (including phenoxy) is 1. The minimum atomic E-state index is -0.307. The van der Waals surface area contributed by atoms with Crippen LogP contribution < -0.4 is 5.73 Å². The number of nitrogens with zero attached hydrogens (tertiary/aromatic N) is 2. The molecule has 1 aromatic carbocycles. The lowest BCUT2D eigenvalue weighted by Crippen LogP contribution is -2.25. The van der Waals surface area contributed by atoms with E-state index in [0.29, 0.717) is 28.0 Å². The largest absolute Gasteiger partial charge is 0.376 e. The highest BCUT2D eigenvalue weighted by Gasteiger charge is 2.18. The van der Waals surface area contributed by atoms with Gasteiger partial charge in [-0.15, -0.1) is 0 Å². The molecule has 2 aromatic rings. The van der Waals surface area contributed by atoms with E-state index in [1.165, 1.54) is 6.07 Å². The Bertz CT molecular complexity index is 607. The number of nitrogens with two attached hydrogens (primary N) is 1. The molecule has 1 fully saturated rings. The Morgan fingerprint density at radius 3 is 3.05 bits per heavy atom. The SMILES string of the molecule is Nc1nc2cc(Br)c(F)cc2n1CC1CCCCO1. The molecule has 3 rings (SSSR count). The third-order valence-corrected chi connectivity index (χ3v) is 4.09. The van der Waals surface area contributed by atoms with E-state index >= 15 is 0 Å². The van der Waals surface area contributed by atoms with Crippen LogP contribution in [-0.2, 0) is 11.3 Å². The van der Waals surface area contributed by atoms with E-state index in [2.05, 4.69) is 20.9 Å². The number of hydrogen-bond acceptors (Lipinski definition) is 3. The van der Waals surface area contributed by atoms with Gasteiger partial charge in [0, 0.05) is 12.7 Å². The second kappa shape index (κ2) is 5.09. The molecule has 1 aromatic heterocycles. The zero-order chi connectivity index (χ0) is 13.4. The van der Waals surface area contributed by atoms with Crippen LogP contribution in [0.15, 0.2) is 16.6 Å². The van der Waals surface area contributed by atoms with Gasteiger partial charge in [-0.25, -0.2) is 9.37 Å². The molecular formula is C13H15BrFN3O. The van der Waals surface area contributed by atoms with E-state index in [-0.39, 0.29) is 11.9 Å². The van der Waals surface area contributed by atoms with Gasteiger partial charge in [0.25, 0.3) is 0 Å². The van der Waals surface area contributed by atoms with Crippen molar-refractivity contribution in [1.82, 2.24) is 9.55 Å². The van der Waals surface area contributed by atoms with Gasteiger partial charge in [0.2, 0.25) is 5.95 Å². The molecule has 0 saturated carbocycles. The molecule has 2 heterocycles. The fraction of sp³-hybridized carbons (Fsp3) is 0.462. The number of imidazole rings is 1. The molecule has 2 N–H and O–H groups in total. The van der Waals surface area contributed by atoms with Gasteiger partial charge in [0.15, 0.2) is 0 Å². The highest BCUT2D eigenvalue weighted by Crippen LogP contribution is 2.26. The normalized spacial score (nSPS) is 20.0. The Hall–Kier alpha value is -1.14. The van der Waals surface area contributed by atoms with Gasteiger partial charge in [0.1, 0.15) is 5.82 Å². The Labute approximate surface area is 118 Å². The number of halogens is 2. The molecule has 1 saturated heterocycles. The van der Waals surface area contributed by atoms with Gasteiger partial charge >= 0.3 is 0 Å². The maximum atomic E-state index is 13.7. The first-order chi connectivity index (χ1) is 9.15. The first-order valence-electron chi connectivity index (χ1n) is 6.37. The highest BCUT2D eigenvalue weighted by atomic mass is 79.9. The predicted molar refractivity (Wildman–Crippen MR) is 75.4 cm³/mol. The van der Waals surface area contributed by atoms with Gasteiger partial charge in [0.05, 0.1) is 28.2 Å². The molecule has 1 aliphatic rings. The smallest absolute Gasteiger partial charge is 0.201 e. The molecule has 0 spiro atoms. The van der Waals surface area contributed by atoms with Crippen molar-refractivity contribution >= 4 is 32.9 Å². The van der Waals surface area contributed by atoms with Crippen LogP contribution in [0.4, 0.5) is 10.3 Å². The summed E-state index contributed by atoms with van der Waals surface area (Å²) in [6.45, 7) is 1.42. The average Bonchev–Trinajstić information content (AvgIpc) is 2.68. The van der Waals surface area contributed by atoms with Gasteiger partial charge < -0.3 is 15.0 Å². The van der Waals surface area contributed by atoms with Crippen molar-refractivity contribution in [3.63, 3.8) is 0 Å². The van der Waals surface area contributed by atoms with Crippen molar-refractivity contribution in [2.45, 2.75) is 31.9 Å².